The van der Waals surface area contributed by atoms with Crippen molar-refractivity contribution in [3.63, 3.8) is 0 Å². The number of aromatic nitrogens is 1. The topological polar surface area (TPSA) is 53.5 Å². The maximum atomic E-state index is 12.9. The van der Waals surface area contributed by atoms with Crippen LogP contribution in [0.3, 0.4) is 0 Å². The molecule has 2 amide bonds. The van der Waals surface area contributed by atoms with Crippen molar-refractivity contribution in [2.45, 2.75) is 27.2 Å². The molecule has 5 nitrogen and oxygen atoms in total. The van der Waals surface area contributed by atoms with E-state index in [-0.39, 0.29) is 17.7 Å². The third-order valence-electron chi connectivity index (χ3n) is 4.61. The van der Waals surface area contributed by atoms with Gasteiger partial charge in [-0.2, -0.15) is 0 Å². The number of hydrogen-bond donors (Lipinski definition) is 0. The first-order chi connectivity index (χ1) is 12.5. The standard InChI is InChI=1S/C20H25N3O2S/c1-14(2)19(24)22-9-11-23(12-10-22)20(25)18-15(3)21-17(26-18)13-16-7-5-4-6-8-16/h4-8,14H,9-13H2,1-3H3. The van der Waals surface area contributed by atoms with Crippen LogP contribution in [0.5, 0.6) is 0 Å². The second kappa shape index (κ2) is 7.99. The number of benzene rings is 1. The molecule has 0 radical (unpaired) electrons. The van der Waals surface area contributed by atoms with E-state index in [2.05, 4.69) is 17.1 Å². The van der Waals surface area contributed by atoms with Crippen LogP contribution < -0.4 is 0 Å². The van der Waals surface area contributed by atoms with Gasteiger partial charge >= 0.3 is 0 Å². The predicted molar refractivity (Wildman–Crippen MR) is 103 cm³/mol. The molecule has 0 bridgehead atoms. The highest BCUT2D eigenvalue weighted by molar-refractivity contribution is 7.13. The Bertz CT molecular complexity index is 778. The van der Waals surface area contributed by atoms with Crippen LogP contribution in [0.1, 0.15) is 39.8 Å². The van der Waals surface area contributed by atoms with Gasteiger partial charge in [-0.05, 0) is 12.5 Å². The number of carbonyl (C=O) groups excluding carboxylic acids is 2. The molecule has 0 atom stereocenters. The number of piperazine rings is 1. The first-order valence-corrected chi connectivity index (χ1v) is 9.85. The van der Waals surface area contributed by atoms with Crippen LogP contribution in [0.15, 0.2) is 30.3 Å². The highest BCUT2D eigenvalue weighted by Gasteiger charge is 2.28. The summed E-state index contributed by atoms with van der Waals surface area (Å²) in [5, 5.41) is 0.964. The van der Waals surface area contributed by atoms with Gasteiger partial charge in [0.15, 0.2) is 0 Å². The van der Waals surface area contributed by atoms with Crippen molar-refractivity contribution in [2.24, 2.45) is 5.92 Å². The van der Waals surface area contributed by atoms with Crippen molar-refractivity contribution in [2.75, 3.05) is 26.2 Å². The van der Waals surface area contributed by atoms with Crippen LogP contribution in [0.25, 0.3) is 0 Å². The molecule has 0 unspecified atom stereocenters. The third-order valence-corrected chi connectivity index (χ3v) is 5.75. The monoisotopic (exact) mass is 371 g/mol. The maximum absolute atomic E-state index is 12.9. The molecule has 1 aromatic heterocycles. The van der Waals surface area contributed by atoms with Gasteiger partial charge in [0.05, 0.1) is 10.7 Å². The largest absolute Gasteiger partial charge is 0.339 e. The second-order valence-electron chi connectivity index (χ2n) is 6.96. The summed E-state index contributed by atoms with van der Waals surface area (Å²) in [7, 11) is 0. The Morgan fingerprint density at radius 1 is 1.08 bits per heavy atom. The fourth-order valence-corrected chi connectivity index (χ4v) is 4.20. The summed E-state index contributed by atoms with van der Waals surface area (Å²) in [4.78, 5) is 34.0. The number of rotatable bonds is 4. The predicted octanol–water partition coefficient (Wildman–Crippen LogP) is 2.98. The lowest BCUT2D eigenvalue weighted by Gasteiger charge is -2.35. The summed E-state index contributed by atoms with van der Waals surface area (Å²) < 4.78 is 0. The number of nitrogens with zero attached hydrogens (tertiary/aromatic N) is 3. The van der Waals surface area contributed by atoms with Crippen LogP contribution in [-0.4, -0.2) is 52.8 Å². The highest BCUT2D eigenvalue weighted by Crippen LogP contribution is 2.23. The molecule has 1 aliphatic rings. The lowest BCUT2D eigenvalue weighted by Crippen LogP contribution is -2.51. The Morgan fingerprint density at radius 2 is 1.69 bits per heavy atom. The highest BCUT2D eigenvalue weighted by atomic mass is 32.1. The number of thiazole rings is 1. The summed E-state index contributed by atoms with van der Waals surface area (Å²) in [5.41, 5.74) is 1.99. The molecule has 3 rings (SSSR count). The maximum Gasteiger partial charge on any atom is 0.265 e. The third kappa shape index (κ3) is 4.12. The van der Waals surface area contributed by atoms with E-state index in [0.717, 1.165) is 22.0 Å². The molecule has 1 aromatic carbocycles. The van der Waals surface area contributed by atoms with Gasteiger partial charge in [0.2, 0.25) is 5.91 Å². The van der Waals surface area contributed by atoms with Crippen LogP contribution in [0.4, 0.5) is 0 Å². The molecule has 0 spiro atoms. The Hall–Kier alpha value is -2.21. The Morgan fingerprint density at radius 3 is 2.31 bits per heavy atom. The number of hydrogen-bond acceptors (Lipinski definition) is 4. The molecule has 0 N–H and O–H groups in total. The average Bonchev–Trinajstić information content (AvgIpc) is 3.01. The summed E-state index contributed by atoms with van der Waals surface area (Å²) in [5.74, 6) is 0.203. The molecule has 1 aliphatic heterocycles. The second-order valence-corrected chi connectivity index (χ2v) is 8.04. The van der Waals surface area contributed by atoms with E-state index < -0.39 is 0 Å². The summed E-state index contributed by atoms with van der Waals surface area (Å²) >= 11 is 1.49. The normalized spacial score (nSPS) is 14.8. The lowest BCUT2D eigenvalue weighted by molar-refractivity contribution is -0.135. The minimum absolute atomic E-state index is 0.00142. The zero-order valence-corrected chi connectivity index (χ0v) is 16.4. The molecule has 2 heterocycles. The molecular formula is C20H25N3O2S. The smallest absolute Gasteiger partial charge is 0.265 e. The molecule has 26 heavy (non-hydrogen) atoms. The van der Waals surface area contributed by atoms with Crippen LogP contribution in [-0.2, 0) is 11.2 Å². The molecule has 138 valence electrons. The van der Waals surface area contributed by atoms with Gasteiger partial charge in [-0.25, -0.2) is 4.98 Å². The van der Waals surface area contributed by atoms with Crippen molar-refractivity contribution in [1.82, 2.24) is 14.8 Å². The van der Waals surface area contributed by atoms with E-state index in [0.29, 0.717) is 26.2 Å². The number of aryl methyl sites for hydroxylation is 1. The molecular weight excluding hydrogens is 346 g/mol. The summed E-state index contributed by atoms with van der Waals surface area (Å²) in [6.45, 7) is 8.11. The van der Waals surface area contributed by atoms with Gasteiger partial charge in [0.25, 0.3) is 5.91 Å². The van der Waals surface area contributed by atoms with Crippen molar-refractivity contribution in [3.8, 4) is 0 Å². The van der Waals surface area contributed by atoms with Crippen molar-refractivity contribution >= 4 is 23.2 Å². The fraction of sp³-hybridized carbons (Fsp3) is 0.450. The average molecular weight is 372 g/mol. The van der Waals surface area contributed by atoms with Crippen molar-refractivity contribution in [3.05, 3.63) is 51.5 Å². The molecule has 0 aliphatic carbocycles. The first kappa shape index (κ1) is 18.6. The minimum atomic E-state index is 0.00142. The van der Waals surface area contributed by atoms with E-state index in [1.807, 2.05) is 48.8 Å². The van der Waals surface area contributed by atoms with Crippen molar-refractivity contribution < 1.29 is 9.59 Å². The van der Waals surface area contributed by atoms with Gasteiger partial charge in [-0.15, -0.1) is 11.3 Å². The van der Waals surface area contributed by atoms with Crippen molar-refractivity contribution in [1.29, 1.82) is 0 Å². The Labute approximate surface area is 158 Å². The van der Waals surface area contributed by atoms with Gasteiger partial charge in [-0.3, -0.25) is 9.59 Å². The van der Waals surface area contributed by atoms with Crippen LogP contribution in [0, 0.1) is 12.8 Å². The fourth-order valence-electron chi connectivity index (χ4n) is 3.14. The number of amides is 2. The Kier molecular flexibility index (Phi) is 5.71. The molecule has 1 saturated heterocycles. The Balaban J connectivity index is 1.65. The summed E-state index contributed by atoms with van der Waals surface area (Å²) in [6.07, 6.45) is 0.746. The molecule has 6 heteroatoms. The van der Waals surface area contributed by atoms with E-state index >= 15 is 0 Å². The SMILES string of the molecule is Cc1nc(Cc2ccccc2)sc1C(=O)N1CCN(C(=O)C(C)C)CC1. The zero-order chi connectivity index (χ0) is 18.7. The molecule has 1 fully saturated rings. The number of carbonyl (C=O) groups is 2. The van der Waals surface area contributed by atoms with E-state index in [9.17, 15) is 9.59 Å². The lowest BCUT2D eigenvalue weighted by atomic mass is 10.1. The van der Waals surface area contributed by atoms with Gasteiger partial charge in [0, 0.05) is 38.5 Å². The van der Waals surface area contributed by atoms with E-state index in [1.165, 1.54) is 16.9 Å². The first-order valence-electron chi connectivity index (χ1n) is 9.04. The van der Waals surface area contributed by atoms with Gasteiger partial charge < -0.3 is 9.80 Å². The van der Waals surface area contributed by atoms with Crippen LogP contribution >= 0.6 is 11.3 Å². The minimum Gasteiger partial charge on any atom is -0.339 e. The van der Waals surface area contributed by atoms with Crippen LogP contribution in [0.2, 0.25) is 0 Å². The summed E-state index contributed by atoms with van der Waals surface area (Å²) in [6, 6.07) is 10.2. The van der Waals surface area contributed by atoms with E-state index in [4.69, 9.17) is 0 Å². The molecule has 2 aromatic rings. The quantitative estimate of drug-likeness (QED) is 0.830. The zero-order valence-electron chi connectivity index (χ0n) is 15.6. The van der Waals surface area contributed by atoms with E-state index in [1.54, 1.807) is 0 Å². The van der Waals surface area contributed by atoms with Gasteiger partial charge in [0.1, 0.15) is 4.88 Å². The van der Waals surface area contributed by atoms with Gasteiger partial charge in [-0.1, -0.05) is 44.2 Å². The molecule has 0 saturated carbocycles.